The maximum Gasteiger partial charge on any atom is 0.303 e. The lowest BCUT2D eigenvalue weighted by molar-refractivity contribution is -0.151. The van der Waals surface area contributed by atoms with E-state index in [2.05, 4.69) is 90.8 Å². The second-order valence-corrected chi connectivity index (χ2v) is 35.6. The lowest BCUT2D eigenvalue weighted by Crippen LogP contribution is -2.60. The Morgan fingerprint density at radius 3 is 0.872 bits per heavy atom. The van der Waals surface area contributed by atoms with E-state index in [-0.39, 0.29) is 137 Å². The molecule has 8 aliphatic rings. The topological polar surface area (TPSA) is 384 Å². The van der Waals surface area contributed by atoms with Crippen molar-refractivity contribution in [1.29, 1.82) is 0 Å². The summed E-state index contributed by atoms with van der Waals surface area (Å²) in [5, 5.41) is 26.7. The molecule has 588 valence electrons. The Kier molecular flexibility index (Phi) is 23.8. The number of aliphatic carboxylic acids is 1. The fourth-order valence-corrected chi connectivity index (χ4v) is 22.3. The summed E-state index contributed by atoms with van der Waals surface area (Å²) in [7, 11) is 0. The Morgan fingerprint density at radius 2 is 0.633 bits per heavy atom. The molecule has 8 amide bonds. The van der Waals surface area contributed by atoms with Crippen LogP contribution >= 0.6 is 0 Å². The number of nitrogens with two attached hydrogens (primary N) is 4. The number of ketones is 2. The van der Waals surface area contributed by atoms with Gasteiger partial charge in [-0.2, -0.15) is 0 Å². The van der Waals surface area contributed by atoms with Crippen molar-refractivity contribution in [3.63, 3.8) is 0 Å². The number of anilines is 4. The van der Waals surface area contributed by atoms with Crippen molar-refractivity contribution in [2.75, 3.05) is 27.8 Å². The minimum atomic E-state index is -1.01. The summed E-state index contributed by atoms with van der Waals surface area (Å²) < 4.78 is 0. The molecule has 15 atom stereocenters. The number of fused-ring (bicyclic) bond motifs is 12. The number of carboxylic acid groups (broad SMARTS) is 1. The number of hydrogen-bond donors (Lipinski definition) is 11. The van der Waals surface area contributed by atoms with Gasteiger partial charge < -0.3 is 58.9 Å². The highest BCUT2D eigenvalue weighted by Crippen LogP contribution is 2.63. The zero-order valence-electron chi connectivity index (χ0n) is 65.8. The fourth-order valence-electron chi connectivity index (χ4n) is 22.3. The molecule has 0 spiro atoms. The molecule has 0 radical (unpaired) electrons. The first-order valence-electron chi connectivity index (χ1n) is 40.0. The van der Waals surface area contributed by atoms with Gasteiger partial charge in [-0.3, -0.25) is 53.8 Å². The van der Waals surface area contributed by atoms with E-state index in [1.807, 2.05) is 69.3 Å². The minimum Gasteiger partial charge on any atom is -0.481 e. The average Bonchev–Trinajstić information content (AvgIpc) is 0.732. The minimum absolute atomic E-state index is 0.00148. The van der Waals surface area contributed by atoms with Crippen LogP contribution in [-0.4, -0.2) is 94.6 Å². The number of hydrogen-bond acceptors (Lipinski definition) is 15. The summed E-state index contributed by atoms with van der Waals surface area (Å²) in [6, 6.07) is 21.4. The summed E-state index contributed by atoms with van der Waals surface area (Å²) in [5.74, 6) is -3.21. The third kappa shape index (κ3) is 15.9. The number of carboxylic acids is 1. The highest BCUT2D eigenvalue weighted by atomic mass is 16.4. The van der Waals surface area contributed by atoms with Crippen molar-refractivity contribution in [1.82, 2.24) is 10.6 Å². The van der Waals surface area contributed by atoms with Crippen LogP contribution in [0.15, 0.2) is 72.8 Å². The number of aryl methyl sites for hydroxylation is 4. The zero-order valence-corrected chi connectivity index (χ0v) is 65.8. The first-order chi connectivity index (χ1) is 51.4. The van der Waals surface area contributed by atoms with Gasteiger partial charge in [-0.05, 0) is 274 Å². The summed E-state index contributed by atoms with van der Waals surface area (Å²) in [6.45, 7) is 19.9. The number of rotatable bonds is 21. The molecule has 15 N–H and O–H groups in total. The third-order valence-electron chi connectivity index (χ3n) is 28.5. The highest BCUT2D eigenvalue weighted by molar-refractivity contribution is 6.03. The van der Waals surface area contributed by atoms with Crippen LogP contribution in [0, 0.1) is 45.3 Å². The van der Waals surface area contributed by atoms with E-state index in [1.54, 1.807) is 0 Å². The van der Waals surface area contributed by atoms with E-state index in [0.717, 1.165) is 119 Å². The number of nitrogens with one attached hydrogen (secondary N) is 6. The van der Waals surface area contributed by atoms with Crippen LogP contribution in [0.25, 0.3) is 0 Å². The molecular weight excluding hydrogens is 1380 g/mol. The van der Waals surface area contributed by atoms with Gasteiger partial charge in [-0.25, -0.2) is 0 Å². The van der Waals surface area contributed by atoms with Gasteiger partial charge in [0.2, 0.25) is 47.3 Å². The Labute approximate surface area is 642 Å². The van der Waals surface area contributed by atoms with Gasteiger partial charge in [0.1, 0.15) is 11.6 Å². The van der Waals surface area contributed by atoms with Crippen molar-refractivity contribution in [2.45, 2.75) is 276 Å². The normalized spacial score (nSPS) is 30.4. The molecule has 4 aromatic carbocycles. The third-order valence-corrected chi connectivity index (χ3v) is 28.5. The fraction of sp³-hybridized carbons (Fsp3) is 0.598. The van der Waals surface area contributed by atoms with E-state index in [4.69, 9.17) is 28.0 Å². The molecule has 0 unspecified atom stereocenters. The van der Waals surface area contributed by atoms with Crippen LogP contribution in [0.2, 0.25) is 0 Å². The Balaban J connectivity index is 0.000000217. The first kappa shape index (κ1) is 81.7. The van der Waals surface area contributed by atoms with Crippen LogP contribution < -0.4 is 54.8 Å². The smallest absolute Gasteiger partial charge is 0.303 e. The van der Waals surface area contributed by atoms with E-state index < -0.39 is 51.7 Å². The Morgan fingerprint density at radius 1 is 0.385 bits per heavy atom. The molecule has 0 bridgehead atoms. The van der Waals surface area contributed by atoms with Crippen molar-refractivity contribution in [3.05, 3.63) is 117 Å². The largest absolute Gasteiger partial charge is 0.481 e. The van der Waals surface area contributed by atoms with Crippen molar-refractivity contribution < 1.29 is 57.8 Å². The molecular formula is C87H118N10O12. The lowest BCUT2D eigenvalue weighted by Gasteiger charge is -2.56. The van der Waals surface area contributed by atoms with Gasteiger partial charge in [-0.15, -0.1) is 0 Å². The Hall–Kier alpha value is -8.31. The molecule has 22 nitrogen and oxygen atoms in total. The van der Waals surface area contributed by atoms with E-state index in [1.165, 1.54) is 41.7 Å². The van der Waals surface area contributed by atoms with E-state index >= 15 is 0 Å². The SMILES string of the molecule is CC(=O)CC[C@H](N)C(=O)Nc1ccc2c(c1)[C@@]1(C)CCC[C@](C)(C(=O)NC(=O)[C@@]3(C)CCC[C@]4(C)c5cc(NC(=O)CN)ccc5CC[C@@H]34)[C@@H]1CC2.CC(=O)CC[C@H](N)C(=O)Nc1ccc2c(c1)[C@@]1(C)CCC[C@](C)(C(=O)NC(=O)[C@@]3(C)CCC[C@]4(C)c5cc(NC(=O)[C@@H](N)CCC(=O)O)ccc5CC[C@@H]34)[C@@H]1CC2. The Bertz CT molecular complexity index is 4150. The van der Waals surface area contributed by atoms with Gasteiger partial charge in [0.25, 0.3) is 0 Å². The average molecular weight is 1500 g/mol. The summed E-state index contributed by atoms with van der Waals surface area (Å²) in [6.07, 6.45) is 17.0. The second-order valence-electron chi connectivity index (χ2n) is 35.6. The number of amides is 8. The number of carbonyl (C=O) groups is 11. The molecule has 8 aliphatic carbocycles. The van der Waals surface area contributed by atoms with Crippen molar-refractivity contribution >= 4 is 87.5 Å². The quantitative estimate of drug-likeness (QED) is 0.0345. The second kappa shape index (κ2) is 31.8. The molecule has 4 saturated carbocycles. The molecule has 12 rings (SSSR count). The highest BCUT2D eigenvalue weighted by Gasteiger charge is 2.61. The van der Waals surface area contributed by atoms with Crippen molar-refractivity contribution in [2.24, 2.45) is 68.3 Å². The summed E-state index contributed by atoms with van der Waals surface area (Å²) in [5.41, 5.74) is 31.3. The number of Topliss-reactive ketones (excluding diaryl/α,β-unsaturated/α-hetero) is 2. The molecule has 0 aliphatic heterocycles. The number of imide groups is 2. The van der Waals surface area contributed by atoms with Crippen LogP contribution in [0.5, 0.6) is 0 Å². The molecule has 0 heterocycles. The van der Waals surface area contributed by atoms with Gasteiger partial charge in [0.15, 0.2) is 0 Å². The van der Waals surface area contributed by atoms with Gasteiger partial charge >= 0.3 is 5.97 Å². The molecule has 22 heteroatoms. The van der Waals surface area contributed by atoms with Crippen molar-refractivity contribution in [3.8, 4) is 0 Å². The molecule has 109 heavy (non-hydrogen) atoms. The van der Waals surface area contributed by atoms with E-state index in [0.29, 0.717) is 54.9 Å². The van der Waals surface area contributed by atoms with Crippen LogP contribution in [0.4, 0.5) is 22.7 Å². The van der Waals surface area contributed by atoms with Crippen LogP contribution in [0.3, 0.4) is 0 Å². The predicted octanol–water partition coefficient (Wildman–Crippen LogP) is 11.4. The monoisotopic (exact) mass is 1490 g/mol. The van der Waals surface area contributed by atoms with Crippen LogP contribution in [0.1, 0.15) is 255 Å². The van der Waals surface area contributed by atoms with Gasteiger partial charge in [0, 0.05) is 42.0 Å². The van der Waals surface area contributed by atoms with Crippen LogP contribution in [-0.2, 0) is 100 Å². The molecule has 0 aromatic heterocycles. The number of carbonyl (C=O) groups excluding carboxylic acids is 10. The lowest BCUT2D eigenvalue weighted by atomic mass is 9.49. The first-order valence-corrected chi connectivity index (χ1v) is 40.0. The standard InChI is InChI=1S/C45H61N5O7.C42H57N5O5/c1-26(51)8-15-33(46)38(54)48-29-13-9-27-11-17-35-42(2,31(27)24-29)20-6-22-44(35,4)40(56)50-41(57)45(5)23-7-21-43(3)32-25-30(14-10-28(32)12-18-36(43)45)49-39(55)34(47)16-19-37(52)53;1-25(48)8-15-32(44)36(50)46-29-14-10-27-12-17-34-40(3,31(27)23-29)19-7-21-42(34,5)38(52)47-37(51)41(4)20-6-18-39(2)30-22-28(45-35(49)24-43)13-9-26(30)11-16-33(39)41/h9-10,13-14,24-25,33-36H,6-8,11-12,15-23,46-47H2,1-5H3,(H,48,54)(H,49,55)(H,52,53)(H,50,56,57);9-10,13-14,22-23,32-34H,6-8,11-12,15-21,24,43-44H2,1-5H3,(H,45,49)(H,46,50)(H,47,51,52)/t33-,34-,35+,36+,42+,43+,44-,45-;32-,33+,34+,39+,40+,41-,42-/m00/s1. The zero-order chi connectivity index (χ0) is 79.1. The predicted molar refractivity (Wildman–Crippen MR) is 421 cm³/mol. The summed E-state index contributed by atoms with van der Waals surface area (Å²) in [4.78, 5) is 143. The van der Waals surface area contributed by atoms with Gasteiger partial charge in [0.05, 0.1) is 46.3 Å². The van der Waals surface area contributed by atoms with E-state index in [9.17, 15) is 52.7 Å². The number of benzene rings is 4. The summed E-state index contributed by atoms with van der Waals surface area (Å²) >= 11 is 0. The maximum absolute atomic E-state index is 14.6. The molecule has 0 saturated heterocycles. The maximum atomic E-state index is 14.6. The van der Waals surface area contributed by atoms with Gasteiger partial charge in [-0.1, -0.05) is 105 Å². The molecule has 4 fully saturated rings. The molecule has 4 aromatic rings.